The zero-order valence-electron chi connectivity index (χ0n) is 61.4. The fourth-order valence-electron chi connectivity index (χ4n) is 13.0. The number of anilines is 1. The number of benzene rings is 3. The van der Waals surface area contributed by atoms with Crippen LogP contribution in [0.4, 0.5) is 10.5 Å². The van der Waals surface area contributed by atoms with E-state index in [0.717, 1.165) is 17.5 Å². The maximum atomic E-state index is 14.3. The summed E-state index contributed by atoms with van der Waals surface area (Å²) in [5.41, 5.74) is 8.93. The Morgan fingerprint density at radius 1 is 0.717 bits per heavy atom. The van der Waals surface area contributed by atoms with Gasteiger partial charge in [-0.3, -0.25) is 53.0 Å². The number of ether oxygens (including phenoxy) is 3. The number of nitrogens with one attached hydrogen (secondary N) is 5. The van der Waals surface area contributed by atoms with Crippen LogP contribution in [-0.2, 0) is 63.8 Å². The first kappa shape index (κ1) is 83.6. The highest BCUT2D eigenvalue weighted by molar-refractivity contribution is 6.03. The van der Waals surface area contributed by atoms with E-state index in [-0.39, 0.29) is 103 Å². The van der Waals surface area contributed by atoms with Crippen LogP contribution in [0.2, 0.25) is 0 Å². The van der Waals surface area contributed by atoms with Gasteiger partial charge in [-0.1, -0.05) is 147 Å². The standard InChI is InChI=1S/C42H71N5O9.C33H45N5O5/c1-14-27(7)36(45(10)41(52)34(25(3)4)44-40(51)35(26(5)6)46(11)42(53)56-15-2)32(54-12)24-33(48)47-23-19-22-31(47)38(55-13)28(8)39(50)43-29(9)37(49)30-20-17-16-18-21-30;1-23-15-17-26(18-16-23)35-31(41)27(13-8-9-19-34)37-32(42)28(22-25-11-5-3-6-12-25)36-29(39)14-7-4-10-20-38-30(40)21-24(2)33(38)43/h16-18,20-21,25-29,31-32,34-38,49H,14-15,19,22-24H2,1-13H3,(H,43,50)(H,44,51);3,5-6,11-12,15-18,24,27-28H,4,7-10,13-14,19-22,34H2,1-2H3,(H,35,41)(H,36,39)(H,37,42)/t27-,28+,29+,31-,32+,34-,35?,36-,37+,38+;24?,27-,28-/m00/s1. The molecule has 0 saturated carbocycles. The number of methoxy groups -OCH3 is 2. The summed E-state index contributed by atoms with van der Waals surface area (Å²) in [5.74, 6) is -4.11. The van der Waals surface area contributed by atoms with Crippen LogP contribution in [0.15, 0.2) is 84.9 Å². The minimum atomic E-state index is -0.918. The molecule has 24 heteroatoms. The van der Waals surface area contributed by atoms with E-state index in [9.17, 15) is 53.1 Å². The van der Waals surface area contributed by atoms with E-state index >= 15 is 0 Å². The van der Waals surface area contributed by atoms with Crippen molar-refractivity contribution in [2.75, 3.05) is 59.9 Å². The molecule has 2 saturated heterocycles. The SMILES string of the molecule is CCOC(=O)N(C)C(C(=O)N[C@H](C(=O)N(C)[C@@H]([C@@H](C)CC)[C@@H](CC(=O)N1CCC[C@H]1[C@H](OC)[C@@H](C)C(=O)N[C@H](C)[C@@H](O)c1ccccc1)OC)C(C)C)C(C)C.Cc1ccc(NC(=O)[C@H](CCCCN)NC(=O)[C@H](Cc2ccccc2)NC(=O)CCCCCN2C(=O)CC(C)C2=O)cc1. The van der Waals surface area contributed by atoms with Gasteiger partial charge in [0, 0.05) is 72.3 Å². The number of likely N-dealkylation sites (tertiary alicyclic amines) is 2. The Hall–Kier alpha value is -7.80. The van der Waals surface area contributed by atoms with E-state index in [1.807, 2.05) is 133 Å². The van der Waals surface area contributed by atoms with Gasteiger partial charge in [0.15, 0.2) is 0 Å². The van der Waals surface area contributed by atoms with Crippen LogP contribution in [0.25, 0.3) is 0 Å². The summed E-state index contributed by atoms with van der Waals surface area (Å²) in [6.45, 7) is 21.8. The fraction of sp³-hybridized carbons (Fsp3) is 0.627. The van der Waals surface area contributed by atoms with Crippen molar-refractivity contribution in [1.29, 1.82) is 0 Å². The van der Waals surface area contributed by atoms with Crippen molar-refractivity contribution < 1.29 is 67.3 Å². The van der Waals surface area contributed by atoms with E-state index in [4.69, 9.17) is 19.9 Å². The molecule has 550 valence electrons. The maximum Gasteiger partial charge on any atom is 0.410 e. The van der Waals surface area contributed by atoms with Gasteiger partial charge < -0.3 is 61.4 Å². The predicted molar refractivity (Wildman–Crippen MR) is 381 cm³/mol. The molecule has 0 spiro atoms. The first-order chi connectivity index (χ1) is 47.0. The van der Waals surface area contributed by atoms with Gasteiger partial charge in [-0.25, -0.2) is 4.79 Å². The number of carbonyl (C=O) groups is 10. The summed E-state index contributed by atoms with van der Waals surface area (Å²) < 4.78 is 17.1. The second-order valence-electron chi connectivity index (χ2n) is 27.3. The summed E-state index contributed by atoms with van der Waals surface area (Å²) >= 11 is 0. The molecule has 2 aliphatic rings. The number of hydrogen-bond donors (Lipinski definition) is 7. The zero-order valence-corrected chi connectivity index (χ0v) is 61.4. The lowest BCUT2D eigenvalue weighted by molar-refractivity contribution is -0.148. The molecule has 8 N–H and O–H groups in total. The van der Waals surface area contributed by atoms with Crippen LogP contribution in [-0.4, -0.2) is 193 Å². The van der Waals surface area contributed by atoms with Crippen LogP contribution in [0.3, 0.4) is 0 Å². The Labute approximate surface area is 587 Å². The van der Waals surface area contributed by atoms with Crippen molar-refractivity contribution in [2.45, 2.75) is 220 Å². The van der Waals surface area contributed by atoms with Crippen molar-refractivity contribution in [3.63, 3.8) is 0 Å². The molecule has 13 atom stereocenters. The summed E-state index contributed by atoms with van der Waals surface area (Å²) in [6, 6.07) is 21.0. The van der Waals surface area contributed by atoms with Crippen molar-refractivity contribution in [1.82, 2.24) is 40.9 Å². The Bertz CT molecular complexity index is 3050. The molecule has 24 nitrogen and oxygen atoms in total. The molecule has 10 amide bonds. The monoisotopic (exact) mass is 1380 g/mol. The second kappa shape index (κ2) is 42.3. The lowest BCUT2D eigenvalue weighted by Gasteiger charge is -2.41. The van der Waals surface area contributed by atoms with Gasteiger partial charge in [0.2, 0.25) is 53.2 Å². The van der Waals surface area contributed by atoms with E-state index in [2.05, 4.69) is 26.6 Å². The molecule has 3 aromatic rings. The van der Waals surface area contributed by atoms with Crippen molar-refractivity contribution in [3.8, 4) is 0 Å². The summed E-state index contributed by atoms with van der Waals surface area (Å²) in [4.78, 5) is 138. The number of rotatable bonds is 38. The second-order valence-corrected chi connectivity index (χ2v) is 27.3. The Balaban J connectivity index is 0.000000434. The number of carbonyl (C=O) groups excluding carboxylic acids is 10. The Kier molecular flexibility index (Phi) is 35.8. The van der Waals surface area contributed by atoms with Gasteiger partial charge in [-0.15, -0.1) is 0 Å². The van der Waals surface area contributed by atoms with E-state index in [1.165, 1.54) is 31.1 Å². The minimum absolute atomic E-state index is 0.0184. The number of unbranched alkanes of at least 4 members (excludes halogenated alkanes) is 3. The number of likely N-dealkylation sites (N-methyl/N-ethyl adjacent to an activating group) is 2. The highest BCUT2D eigenvalue weighted by Crippen LogP contribution is 2.31. The third-order valence-electron chi connectivity index (χ3n) is 18.9. The zero-order chi connectivity index (χ0) is 73.6. The normalized spacial score (nSPS) is 17.8. The molecule has 5 rings (SSSR count). The lowest BCUT2D eigenvalue weighted by atomic mass is 9.89. The van der Waals surface area contributed by atoms with Crippen molar-refractivity contribution in [2.24, 2.45) is 35.3 Å². The first-order valence-corrected chi connectivity index (χ1v) is 35.5. The van der Waals surface area contributed by atoms with Gasteiger partial charge >= 0.3 is 6.09 Å². The predicted octanol–water partition coefficient (Wildman–Crippen LogP) is 7.63. The fourth-order valence-corrected chi connectivity index (χ4v) is 13.0. The molecule has 0 bridgehead atoms. The van der Waals surface area contributed by atoms with Crippen molar-refractivity contribution >= 4 is 64.9 Å². The highest BCUT2D eigenvalue weighted by Gasteiger charge is 2.44. The molecule has 0 aliphatic carbocycles. The number of nitrogens with zero attached hydrogens (tertiary/aromatic N) is 4. The van der Waals surface area contributed by atoms with Gasteiger partial charge in [0.25, 0.3) is 0 Å². The number of imide groups is 1. The van der Waals surface area contributed by atoms with Crippen molar-refractivity contribution in [3.05, 3.63) is 102 Å². The van der Waals surface area contributed by atoms with Gasteiger partial charge in [0.1, 0.15) is 24.2 Å². The molecule has 2 heterocycles. The summed E-state index contributed by atoms with van der Waals surface area (Å²) in [5, 5.41) is 25.3. The number of aliphatic hydroxyl groups excluding tert-OH is 1. The molecule has 99 heavy (non-hydrogen) atoms. The lowest BCUT2D eigenvalue weighted by Crippen LogP contribution is -2.60. The molecule has 2 aliphatic heterocycles. The van der Waals surface area contributed by atoms with Crippen LogP contribution in [0, 0.1) is 36.5 Å². The van der Waals surface area contributed by atoms with Gasteiger partial charge in [0.05, 0.1) is 55.4 Å². The molecule has 2 fully saturated rings. The van der Waals surface area contributed by atoms with E-state index < -0.39 is 78.4 Å². The first-order valence-electron chi connectivity index (χ1n) is 35.5. The minimum Gasteiger partial charge on any atom is -0.450 e. The van der Waals surface area contributed by atoms with Gasteiger partial charge in [-0.05, 0) is 113 Å². The van der Waals surface area contributed by atoms with Gasteiger partial charge in [-0.2, -0.15) is 0 Å². The molecule has 0 radical (unpaired) electrons. The quantitative estimate of drug-likeness (QED) is 0.0214. The third kappa shape index (κ3) is 25.4. The highest BCUT2D eigenvalue weighted by atomic mass is 16.6. The topological polar surface area (TPSA) is 318 Å². The van der Waals surface area contributed by atoms with Crippen LogP contribution >= 0.6 is 0 Å². The molecule has 2 unspecified atom stereocenters. The summed E-state index contributed by atoms with van der Waals surface area (Å²) in [7, 11) is 6.26. The Morgan fingerprint density at radius 2 is 1.36 bits per heavy atom. The third-order valence-corrected chi connectivity index (χ3v) is 18.9. The average Bonchev–Trinajstić information content (AvgIpc) is 1.80. The maximum absolute atomic E-state index is 14.3. The number of amides is 10. The molecule has 0 aromatic heterocycles. The number of hydrogen-bond acceptors (Lipinski definition) is 15. The largest absolute Gasteiger partial charge is 0.450 e. The Morgan fingerprint density at radius 3 is 1.93 bits per heavy atom. The van der Waals surface area contributed by atoms with Crippen LogP contribution in [0.5, 0.6) is 0 Å². The average molecular weight is 1380 g/mol. The molecule has 3 aromatic carbocycles. The summed E-state index contributed by atoms with van der Waals surface area (Å²) in [6.07, 6.45) is 3.59. The molecular formula is C75H116N10O14. The molecular weight excluding hydrogens is 1260 g/mol. The van der Waals surface area contributed by atoms with Crippen LogP contribution < -0.4 is 32.3 Å². The number of aryl methyl sites for hydroxylation is 1. The number of nitrogens with two attached hydrogens (primary N) is 1. The number of aliphatic hydroxyl groups is 1. The van der Waals surface area contributed by atoms with E-state index in [0.29, 0.717) is 82.3 Å². The van der Waals surface area contributed by atoms with Crippen LogP contribution in [0.1, 0.15) is 169 Å². The van der Waals surface area contributed by atoms with E-state index in [1.54, 1.807) is 44.5 Å². The smallest absolute Gasteiger partial charge is 0.410 e.